The van der Waals surface area contributed by atoms with Crippen LogP contribution in [-0.4, -0.2) is 28.2 Å². The summed E-state index contributed by atoms with van der Waals surface area (Å²) in [7, 11) is 1.33. The molecule has 0 fully saturated rings. The minimum atomic E-state index is -0.396. The summed E-state index contributed by atoms with van der Waals surface area (Å²) in [6.07, 6.45) is 1.89. The Morgan fingerprint density at radius 1 is 1.12 bits per heavy atom. The summed E-state index contributed by atoms with van der Waals surface area (Å²) in [5, 5.41) is 8.52. The van der Waals surface area contributed by atoms with Crippen LogP contribution >= 0.6 is 0 Å². The maximum absolute atomic E-state index is 11.7. The number of azo groups is 1. The lowest BCUT2D eigenvalue weighted by atomic mass is 10.1. The monoisotopic (exact) mass is 350 g/mol. The third kappa shape index (κ3) is 3.66. The fourth-order valence-corrected chi connectivity index (χ4v) is 2.49. The number of methoxy groups -OCH3 is 1. The molecule has 0 saturated carbocycles. The molecule has 0 unspecified atom stereocenters. The highest BCUT2D eigenvalue weighted by Crippen LogP contribution is 2.25. The van der Waals surface area contributed by atoms with Gasteiger partial charge in [0.25, 0.3) is 0 Å². The number of benzene rings is 1. The van der Waals surface area contributed by atoms with Gasteiger partial charge in [-0.25, -0.2) is 4.98 Å². The maximum Gasteiger partial charge on any atom is 0.311 e. The summed E-state index contributed by atoms with van der Waals surface area (Å²) >= 11 is 0. The van der Waals surface area contributed by atoms with Crippen molar-refractivity contribution in [2.24, 2.45) is 10.2 Å². The summed E-state index contributed by atoms with van der Waals surface area (Å²) in [5.74, 6) is 0.0725. The highest BCUT2D eigenvalue weighted by atomic mass is 16.5. The first-order valence-electron chi connectivity index (χ1n) is 8.05. The highest BCUT2D eigenvalue weighted by molar-refractivity contribution is 5.94. The smallest absolute Gasteiger partial charge is 0.311 e. The predicted octanol–water partition coefficient (Wildman–Crippen LogP) is 3.98. The molecule has 0 aliphatic rings. The van der Waals surface area contributed by atoms with Gasteiger partial charge in [-0.05, 0) is 49.7 Å². The number of hydrogen-bond acceptors (Lipinski definition) is 6. The van der Waals surface area contributed by atoms with Crippen LogP contribution in [0.15, 0.2) is 52.8 Å². The second-order valence-corrected chi connectivity index (χ2v) is 5.87. The van der Waals surface area contributed by atoms with Gasteiger partial charge in [-0.3, -0.25) is 14.0 Å². The lowest BCUT2D eigenvalue weighted by Gasteiger charge is -2.00. The van der Waals surface area contributed by atoms with Crippen LogP contribution in [0.1, 0.15) is 28.5 Å². The Labute approximate surface area is 150 Å². The number of Topliss-reactive ketones (excluding diaryl/α,β-unsaturated/α-hetero) is 1. The lowest BCUT2D eigenvalue weighted by Crippen LogP contribution is -2.04. The number of ether oxygens (including phenoxy) is 1. The van der Waals surface area contributed by atoms with Crippen molar-refractivity contribution >= 4 is 28.9 Å². The zero-order valence-corrected chi connectivity index (χ0v) is 14.8. The number of carbonyl (C=O) groups is 2. The Kier molecular flexibility index (Phi) is 4.88. The molecule has 2 heterocycles. The molecule has 0 saturated heterocycles. The molecule has 0 bridgehead atoms. The van der Waals surface area contributed by atoms with Crippen LogP contribution in [0, 0.1) is 6.92 Å². The van der Waals surface area contributed by atoms with E-state index in [1.54, 1.807) is 28.7 Å². The molecule has 7 heteroatoms. The van der Waals surface area contributed by atoms with Gasteiger partial charge in [0.05, 0.1) is 24.9 Å². The number of aryl methyl sites for hydroxylation is 1. The SMILES string of the molecule is COC(=O)Cc1nc2ccc(C)cn2c1N=Nc1ccc(C(C)=O)cc1. The number of carbonyl (C=O) groups excluding carboxylic acids is 2. The molecule has 0 atom stereocenters. The molecule has 26 heavy (non-hydrogen) atoms. The summed E-state index contributed by atoms with van der Waals surface area (Å²) in [6, 6.07) is 10.6. The second kappa shape index (κ2) is 7.26. The maximum atomic E-state index is 11.7. The van der Waals surface area contributed by atoms with Crippen molar-refractivity contribution in [2.45, 2.75) is 20.3 Å². The Morgan fingerprint density at radius 2 is 1.85 bits per heavy atom. The van der Waals surface area contributed by atoms with E-state index in [-0.39, 0.29) is 12.2 Å². The van der Waals surface area contributed by atoms with E-state index in [1.807, 2.05) is 25.3 Å². The van der Waals surface area contributed by atoms with E-state index in [9.17, 15) is 9.59 Å². The van der Waals surface area contributed by atoms with Crippen LogP contribution < -0.4 is 0 Å². The van der Waals surface area contributed by atoms with E-state index >= 15 is 0 Å². The summed E-state index contributed by atoms with van der Waals surface area (Å²) in [6.45, 7) is 3.47. The molecular formula is C19H18N4O3. The molecule has 0 N–H and O–H groups in total. The Morgan fingerprint density at radius 3 is 2.50 bits per heavy atom. The van der Waals surface area contributed by atoms with Gasteiger partial charge in [0.15, 0.2) is 11.6 Å². The zero-order valence-electron chi connectivity index (χ0n) is 14.8. The molecule has 1 aromatic carbocycles. The predicted molar refractivity (Wildman–Crippen MR) is 96.3 cm³/mol. The third-order valence-electron chi connectivity index (χ3n) is 3.88. The summed E-state index contributed by atoms with van der Waals surface area (Å²) in [5.41, 5.74) is 3.41. The van der Waals surface area contributed by atoms with E-state index in [0.717, 1.165) is 5.56 Å². The number of rotatable bonds is 5. The van der Waals surface area contributed by atoms with Crippen LogP contribution in [0.3, 0.4) is 0 Å². The number of pyridine rings is 1. The Balaban J connectivity index is 2.01. The van der Waals surface area contributed by atoms with Crippen LogP contribution in [0.25, 0.3) is 5.65 Å². The van der Waals surface area contributed by atoms with Crippen LogP contribution in [0.2, 0.25) is 0 Å². The van der Waals surface area contributed by atoms with Crippen molar-refractivity contribution in [3.63, 3.8) is 0 Å². The summed E-state index contributed by atoms with van der Waals surface area (Å²) in [4.78, 5) is 27.5. The van der Waals surface area contributed by atoms with Gasteiger partial charge in [0, 0.05) is 11.8 Å². The number of esters is 1. The van der Waals surface area contributed by atoms with Crippen molar-refractivity contribution < 1.29 is 14.3 Å². The van der Waals surface area contributed by atoms with Crippen LogP contribution in [0.4, 0.5) is 11.5 Å². The van der Waals surface area contributed by atoms with Crippen molar-refractivity contribution in [3.8, 4) is 0 Å². The van der Waals surface area contributed by atoms with E-state index in [1.165, 1.54) is 14.0 Å². The average Bonchev–Trinajstić information content (AvgIpc) is 2.96. The fourth-order valence-electron chi connectivity index (χ4n) is 2.49. The Bertz CT molecular complexity index is 1000. The molecule has 7 nitrogen and oxygen atoms in total. The molecule has 0 radical (unpaired) electrons. The summed E-state index contributed by atoms with van der Waals surface area (Å²) < 4.78 is 6.53. The number of fused-ring (bicyclic) bond motifs is 1. The van der Waals surface area contributed by atoms with Gasteiger partial charge in [-0.2, -0.15) is 0 Å². The van der Waals surface area contributed by atoms with Gasteiger partial charge < -0.3 is 4.74 Å². The first-order chi connectivity index (χ1) is 12.5. The standard InChI is InChI=1S/C19H18N4O3/c1-12-4-9-17-20-16(10-18(25)26-3)19(23(17)11-12)22-21-15-7-5-14(6-8-15)13(2)24/h4-9,11H,10H2,1-3H3. The van der Waals surface area contributed by atoms with Crippen LogP contribution in [0.5, 0.6) is 0 Å². The molecule has 3 aromatic rings. The van der Waals surface area contributed by atoms with Crippen molar-refractivity contribution in [1.29, 1.82) is 0 Å². The quantitative estimate of drug-likeness (QED) is 0.396. The van der Waals surface area contributed by atoms with E-state index in [0.29, 0.717) is 28.4 Å². The van der Waals surface area contributed by atoms with E-state index in [2.05, 4.69) is 15.2 Å². The highest BCUT2D eigenvalue weighted by Gasteiger charge is 2.16. The molecular weight excluding hydrogens is 332 g/mol. The topological polar surface area (TPSA) is 85.4 Å². The van der Waals surface area contributed by atoms with Gasteiger partial charge in [-0.1, -0.05) is 6.07 Å². The number of nitrogens with zero attached hydrogens (tertiary/aromatic N) is 4. The minimum Gasteiger partial charge on any atom is -0.469 e. The lowest BCUT2D eigenvalue weighted by molar-refractivity contribution is -0.139. The first kappa shape index (κ1) is 17.5. The van der Waals surface area contributed by atoms with Crippen molar-refractivity contribution in [1.82, 2.24) is 9.38 Å². The number of aromatic nitrogens is 2. The minimum absolute atomic E-state index is 0.00823. The van der Waals surface area contributed by atoms with Gasteiger partial charge in [0.1, 0.15) is 5.65 Å². The van der Waals surface area contributed by atoms with Crippen LogP contribution in [-0.2, 0) is 16.0 Å². The molecule has 0 aliphatic heterocycles. The largest absolute Gasteiger partial charge is 0.469 e. The van der Waals surface area contributed by atoms with Crippen molar-refractivity contribution in [3.05, 3.63) is 59.4 Å². The molecule has 0 amide bonds. The third-order valence-corrected chi connectivity index (χ3v) is 3.88. The van der Waals surface area contributed by atoms with E-state index in [4.69, 9.17) is 4.74 Å². The fraction of sp³-hybridized carbons (Fsp3) is 0.211. The van der Waals surface area contributed by atoms with Gasteiger partial charge in [-0.15, -0.1) is 10.2 Å². The van der Waals surface area contributed by atoms with Gasteiger partial charge in [0.2, 0.25) is 0 Å². The van der Waals surface area contributed by atoms with E-state index < -0.39 is 5.97 Å². The normalized spacial score (nSPS) is 11.2. The van der Waals surface area contributed by atoms with Crippen molar-refractivity contribution in [2.75, 3.05) is 7.11 Å². The molecule has 2 aromatic heterocycles. The average molecular weight is 350 g/mol. The Hall–Kier alpha value is -3.35. The number of hydrogen-bond donors (Lipinski definition) is 0. The number of imidazole rings is 1. The zero-order chi connectivity index (χ0) is 18.7. The van der Waals surface area contributed by atoms with Gasteiger partial charge >= 0.3 is 5.97 Å². The number of ketones is 1. The second-order valence-electron chi connectivity index (χ2n) is 5.87. The molecule has 0 aliphatic carbocycles. The first-order valence-corrected chi connectivity index (χ1v) is 8.05. The molecule has 132 valence electrons. The molecule has 3 rings (SSSR count). The molecule has 0 spiro atoms.